The maximum Gasteiger partial charge on any atom is 0.0700 e. The molecule has 0 radical (unpaired) electrons. The van der Waals surface area contributed by atoms with Crippen LogP contribution in [0.3, 0.4) is 0 Å². The average Bonchev–Trinajstić information content (AvgIpc) is 2.97. The van der Waals surface area contributed by atoms with E-state index in [0.717, 1.165) is 27.8 Å². The van der Waals surface area contributed by atoms with Gasteiger partial charge in [0.2, 0.25) is 0 Å². The Morgan fingerprint density at radius 2 is 1.86 bits per heavy atom. The van der Waals surface area contributed by atoms with E-state index in [0.29, 0.717) is 0 Å². The van der Waals surface area contributed by atoms with E-state index in [9.17, 15) is 0 Å². The number of anilines is 1. The fourth-order valence-electron chi connectivity index (χ4n) is 2.43. The van der Waals surface area contributed by atoms with Crippen molar-refractivity contribution in [2.45, 2.75) is 20.4 Å². The monoisotopic (exact) mass is 355 g/mol. The van der Waals surface area contributed by atoms with Gasteiger partial charge in [-0.1, -0.05) is 40.2 Å². The molecule has 0 aliphatic carbocycles. The van der Waals surface area contributed by atoms with Crippen LogP contribution in [0, 0.1) is 13.8 Å². The van der Waals surface area contributed by atoms with Crippen LogP contribution >= 0.6 is 15.9 Å². The van der Waals surface area contributed by atoms with Crippen LogP contribution < -0.4 is 5.32 Å². The number of hydrogen-bond acceptors (Lipinski definition) is 2. The van der Waals surface area contributed by atoms with E-state index in [2.05, 4.69) is 75.6 Å². The van der Waals surface area contributed by atoms with Crippen LogP contribution in [-0.4, -0.2) is 10.2 Å². The van der Waals surface area contributed by atoms with E-state index in [1.54, 1.807) is 0 Å². The summed E-state index contributed by atoms with van der Waals surface area (Å²) in [5.74, 6) is 0. The van der Waals surface area contributed by atoms with E-state index in [1.807, 2.05) is 18.3 Å². The second kappa shape index (κ2) is 6.36. The van der Waals surface area contributed by atoms with E-state index in [-0.39, 0.29) is 0 Å². The van der Waals surface area contributed by atoms with Gasteiger partial charge in [0.05, 0.1) is 11.9 Å². The standard InChI is InChI=1S/C18H18BrN3/c1-12-3-4-13(2)17(9-12)20-10-15-11-21-22-18(15)14-5-7-16(19)8-6-14/h3-9,11,20H,10H2,1-2H3,(H,21,22). The lowest BCUT2D eigenvalue weighted by Crippen LogP contribution is -2.01. The number of aryl methyl sites for hydroxylation is 2. The van der Waals surface area contributed by atoms with E-state index in [4.69, 9.17) is 0 Å². The van der Waals surface area contributed by atoms with Gasteiger partial charge in [0, 0.05) is 22.3 Å². The van der Waals surface area contributed by atoms with Crippen molar-refractivity contribution in [1.29, 1.82) is 0 Å². The first-order valence-corrected chi connectivity index (χ1v) is 8.02. The minimum absolute atomic E-state index is 0.742. The normalized spacial score (nSPS) is 10.7. The number of nitrogens with one attached hydrogen (secondary N) is 2. The molecule has 3 rings (SSSR count). The van der Waals surface area contributed by atoms with Crippen molar-refractivity contribution < 1.29 is 0 Å². The fraction of sp³-hybridized carbons (Fsp3) is 0.167. The molecule has 0 unspecified atom stereocenters. The first-order valence-electron chi connectivity index (χ1n) is 7.23. The maximum absolute atomic E-state index is 4.20. The second-order valence-electron chi connectivity index (χ2n) is 5.45. The summed E-state index contributed by atoms with van der Waals surface area (Å²) in [6.07, 6.45) is 1.88. The van der Waals surface area contributed by atoms with Crippen molar-refractivity contribution in [2.24, 2.45) is 0 Å². The molecule has 2 aromatic carbocycles. The van der Waals surface area contributed by atoms with Crippen molar-refractivity contribution in [3.8, 4) is 11.3 Å². The van der Waals surface area contributed by atoms with Crippen molar-refractivity contribution in [3.05, 3.63) is 69.8 Å². The summed E-state index contributed by atoms with van der Waals surface area (Å²) in [7, 11) is 0. The van der Waals surface area contributed by atoms with Crippen molar-refractivity contribution >= 4 is 21.6 Å². The largest absolute Gasteiger partial charge is 0.381 e. The van der Waals surface area contributed by atoms with Gasteiger partial charge in [0.1, 0.15) is 0 Å². The number of aromatic amines is 1. The molecule has 0 aliphatic heterocycles. The van der Waals surface area contributed by atoms with Gasteiger partial charge in [-0.25, -0.2) is 0 Å². The summed E-state index contributed by atoms with van der Waals surface area (Å²) in [6.45, 7) is 4.97. The first kappa shape index (κ1) is 14.9. The zero-order valence-corrected chi connectivity index (χ0v) is 14.2. The van der Waals surface area contributed by atoms with Crippen molar-refractivity contribution in [2.75, 3.05) is 5.32 Å². The number of rotatable bonds is 4. The molecule has 22 heavy (non-hydrogen) atoms. The summed E-state index contributed by atoms with van der Waals surface area (Å²) in [5, 5.41) is 10.8. The topological polar surface area (TPSA) is 40.7 Å². The molecule has 0 fully saturated rings. The van der Waals surface area contributed by atoms with Gasteiger partial charge >= 0.3 is 0 Å². The summed E-state index contributed by atoms with van der Waals surface area (Å²) >= 11 is 3.47. The molecule has 4 heteroatoms. The van der Waals surface area contributed by atoms with Crippen LogP contribution in [0.15, 0.2) is 53.1 Å². The number of aromatic nitrogens is 2. The second-order valence-corrected chi connectivity index (χ2v) is 6.36. The van der Waals surface area contributed by atoms with Crippen molar-refractivity contribution in [3.63, 3.8) is 0 Å². The highest BCUT2D eigenvalue weighted by Crippen LogP contribution is 2.24. The summed E-state index contributed by atoms with van der Waals surface area (Å²) in [4.78, 5) is 0. The highest BCUT2D eigenvalue weighted by molar-refractivity contribution is 9.10. The molecule has 0 atom stereocenters. The molecule has 1 heterocycles. The Hall–Kier alpha value is -2.07. The highest BCUT2D eigenvalue weighted by Gasteiger charge is 2.08. The van der Waals surface area contributed by atoms with Gasteiger partial charge in [0.15, 0.2) is 0 Å². The quantitative estimate of drug-likeness (QED) is 0.685. The van der Waals surface area contributed by atoms with E-state index in [1.165, 1.54) is 16.8 Å². The molecule has 3 nitrogen and oxygen atoms in total. The lowest BCUT2D eigenvalue weighted by atomic mass is 10.1. The Balaban J connectivity index is 1.81. The maximum atomic E-state index is 4.20. The Kier molecular flexibility index (Phi) is 4.29. The minimum atomic E-state index is 0.742. The predicted molar refractivity (Wildman–Crippen MR) is 95.0 cm³/mol. The number of H-pyrrole nitrogens is 1. The third-order valence-electron chi connectivity index (χ3n) is 3.71. The Morgan fingerprint density at radius 1 is 1.09 bits per heavy atom. The summed E-state index contributed by atoms with van der Waals surface area (Å²) in [6, 6.07) is 14.7. The van der Waals surface area contributed by atoms with Crippen LogP contribution in [0.1, 0.15) is 16.7 Å². The minimum Gasteiger partial charge on any atom is -0.381 e. The van der Waals surface area contributed by atoms with E-state index < -0.39 is 0 Å². The molecule has 0 saturated carbocycles. The molecule has 2 N–H and O–H groups in total. The van der Waals surface area contributed by atoms with Crippen LogP contribution in [0.2, 0.25) is 0 Å². The summed E-state index contributed by atoms with van der Waals surface area (Å²) in [5.41, 5.74) is 7.03. The molecule has 3 aromatic rings. The average molecular weight is 356 g/mol. The van der Waals surface area contributed by atoms with Gasteiger partial charge in [-0.05, 0) is 48.7 Å². The van der Waals surface area contributed by atoms with Gasteiger partial charge < -0.3 is 5.32 Å². The molecule has 0 spiro atoms. The van der Waals surface area contributed by atoms with Gasteiger partial charge in [-0.3, -0.25) is 5.10 Å². The zero-order chi connectivity index (χ0) is 15.5. The molecule has 112 valence electrons. The number of nitrogens with zero attached hydrogens (tertiary/aromatic N) is 1. The van der Waals surface area contributed by atoms with Gasteiger partial charge in [-0.15, -0.1) is 0 Å². The van der Waals surface area contributed by atoms with E-state index >= 15 is 0 Å². The van der Waals surface area contributed by atoms with Crippen molar-refractivity contribution in [1.82, 2.24) is 10.2 Å². The molecule has 0 aliphatic rings. The van der Waals surface area contributed by atoms with Gasteiger partial charge in [0.25, 0.3) is 0 Å². The van der Waals surface area contributed by atoms with Crippen LogP contribution in [0.4, 0.5) is 5.69 Å². The Morgan fingerprint density at radius 3 is 2.64 bits per heavy atom. The number of halogens is 1. The number of benzene rings is 2. The lowest BCUT2D eigenvalue weighted by Gasteiger charge is -2.11. The third-order valence-corrected chi connectivity index (χ3v) is 4.24. The predicted octanol–water partition coefficient (Wildman–Crippen LogP) is 5.07. The molecular formula is C18H18BrN3. The van der Waals surface area contributed by atoms with Crippen LogP contribution in [0.5, 0.6) is 0 Å². The zero-order valence-electron chi connectivity index (χ0n) is 12.7. The fourth-order valence-corrected chi connectivity index (χ4v) is 2.69. The first-order chi connectivity index (χ1) is 10.6. The summed E-state index contributed by atoms with van der Waals surface area (Å²) < 4.78 is 1.07. The van der Waals surface area contributed by atoms with Crippen LogP contribution in [0.25, 0.3) is 11.3 Å². The molecule has 1 aromatic heterocycles. The smallest absolute Gasteiger partial charge is 0.0700 e. The lowest BCUT2D eigenvalue weighted by molar-refractivity contribution is 1.09. The molecule has 0 bridgehead atoms. The molecular weight excluding hydrogens is 338 g/mol. The highest BCUT2D eigenvalue weighted by atomic mass is 79.9. The SMILES string of the molecule is Cc1ccc(C)c(NCc2cn[nH]c2-c2ccc(Br)cc2)c1. The Labute approximate surface area is 138 Å². The number of hydrogen-bond donors (Lipinski definition) is 2. The Bertz CT molecular complexity index is 775. The van der Waals surface area contributed by atoms with Gasteiger partial charge in [-0.2, -0.15) is 5.10 Å². The molecule has 0 amide bonds. The molecule has 0 saturated heterocycles. The van der Waals surface area contributed by atoms with Crippen LogP contribution in [-0.2, 0) is 6.54 Å². The third kappa shape index (κ3) is 3.22.